The molecule has 0 aromatic heterocycles. The number of carbonyl (C=O) groups is 3. The highest BCUT2D eigenvalue weighted by atomic mass is 31.2. The normalized spacial score (nSPS) is 14.6. The third-order valence-electron chi connectivity index (χ3n) is 14.9. The van der Waals surface area contributed by atoms with Gasteiger partial charge in [0.1, 0.15) is 25.4 Å². The zero-order chi connectivity index (χ0) is 65.3. The van der Waals surface area contributed by atoms with Gasteiger partial charge in [0, 0.05) is 19.3 Å². The monoisotopic (exact) mass is 1300 g/mol. The summed E-state index contributed by atoms with van der Waals surface area (Å²) < 4.78 is 60.8. The fourth-order valence-electron chi connectivity index (χ4n) is 9.43. The molecule has 0 aromatic rings. The first-order valence-electron chi connectivity index (χ1n) is 35.2. The minimum Gasteiger partial charge on any atom is -0.463 e. The molecule has 0 aliphatic carbocycles. The van der Waals surface area contributed by atoms with Gasteiger partial charge >= 0.3 is 33.6 Å². The first kappa shape index (κ1) is 86.0. The Morgan fingerprint density at radius 3 is 0.921 bits per heavy atom. The van der Waals surface area contributed by atoms with Crippen LogP contribution in [0.15, 0.2) is 72.9 Å². The van der Waals surface area contributed by atoms with Crippen molar-refractivity contribution in [3.63, 3.8) is 0 Å². The number of aliphatic hydroxyl groups excluding tert-OH is 2. The summed E-state index contributed by atoms with van der Waals surface area (Å²) in [5, 5.41) is 20.5. The molecular formula is C71H128O16P2. The highest BCUT2D eigenvalue weighted by Crippen LogP contribution is 2.45. The lowest BCUT2D eigenvalue weighted by molar-refractivity contribution is -0.161. The predicted octanol–water partition coefficient (Wildman–Crippen LogP) is 19.5. The molecule has 18 heteroatoms. The summed E-state index contributed by atoms with van der Waals surface area (Å²) in [4.78, 5) is 58.3. The van der Waals surface area contributed by atoms with Crippen LogP contribution in [0.5, 0.6) is 0 Å². The van der Waals surface area contributed by atoms with Crippen LogP contribution in [0.4, 0.5) is 0 Å². The van der Waals surface area contributed by atoms with Gasteiger partial charge in [-0.25, -0.2) is 9.13 Å². The molecule has 5 atom stereocenters. The molecule has 0 aromatic carbocycles. The van der Waals surface area contributed by atoms with Crippen LogP contribution in [0, 0.1) is 0 Å². The van der Waals surface area contributed by atoms with Crippen molar-refractivity contribution in [2.75, 3.05) is 39.6 Å². The van der Waals surface area contributed by atoms with Gasteiger partial charge in [-0.15, -0.1) is 0 Å². The molecule has 0 spiro atoms. The average Bonchev–Trinajstić information content (AvgIpc) is 3.55. The molecule has 0 aliphatic heterocycles. The summed E-state index contributed by atoms with van der Waals surface area (Å²) >= 11 is 0. The number of rotatable bonds is 67. The minimum absolute atomic E-state index is 0.0953. The van der Waals surface area contributed by atoms with E-state index in [0.717, 1.165) is 122 Å². The van der Waals surface area contributed by atoms with E-state index in [9.17, 15) is 43.5 Å². The molecule has 0 rings (SSSR count). The number of hydrogen-bond donors (Lipinski definition) is 4. The Labute approximate surface area is 541 Å². The average molecular weight is 1300 g/mol. The van der Waals surface area contributed by atoms with Crippen LogP contribution in [0.1, 0.15) is 303 Å². The van der Waals surface area contributed by atoms with Crippen molar-refractivity contribution in [2.24, 2.45) is 0 Å². The number of aliphatic hydroxyl groups is 2. The Morgan fingerprint density at radius 1 is 0.315 bits per heavy atom. The Balaban J connectivity index is 4.46. The molecule has 0 amide bonds. The Kier molecular flexibility index (Phi) is 62.9. The van der Waals surface area contributed by atoms with Gasteiger partial charge in [-0.3, -0.25) is 32.5 Å². The van der Waals surface area contributed by atoms with E-state index >= 15 is 0 Å². The molecule has 5 unspecified atom stereocenters. The zero-order valence-electron chi connectivity index (χ0n) is 56.1. The van der Waals surface area contributed by atoms with Crippen molar-refractivity contribution in [3.05, 3.63) is 72.9 Å². The molecule has 0 fully saturated rings. The molecule has 0 bridgehead atoms. The summed E-state index contributed by atoms with van der Waals surface area (Å²) in [7, 11) is -9.77. The number of esters is 3. The Hall–Kier alpha value is -3.01. The fourth-order valence-corrected chi connectivity index (χ4v) is 11.0. The number of hydrogen-bond acceptors (Lipinski definition) is 14. The van der Waals surface area contributed by atoms with Crippen molar-refractivity contribution in [1.29, 1.82) is 0 Å². The number of ether oxygens (including phenoxy) is 3. The molecule has 0 aliphatic rings. The van der Waals surface area contributed by atoms with E-state index in [1.807, 2.05) is 0 Å². The second kappa shape index (κ2) is 65.1. The minimum atomic E-state index is -4.92. The lowest BCUT2D eigenvalue weighted by Crippen LogP contribution is -2.30. The molecule has 0 saturated carbocycles. The number of unbranched alkanes of at least 4 members (excludes halogenated alkanes) is 32. The van der Waals surface area contributed by atoms with Gasteiger partial charge in [0.15, 0.2) is 6.10 Å². The maximum absolute atomic E-state index is 12.9. The van der Waals surface area contributed by atoms with E-state index in [2.05, 4.69) is 93.7 Å². The van der Waals surface area contributed by atoms with Crippen LogP contribution >= 0.6 is 15.6 Å². The molecule has 16 nitrogen and oxygen atoms in total. The lowest BCUT2D eigenvalue weighted by Gasteiger charge is -2.21. The van der Waals surface area contributed by atoms with Gasteiger partial charge in [0.2, 0.25) is 0 Å². The predicted molar refractivity (Wildman–Crippen MR) is 362 cm³/mol. The van der Waals surface area contributed by atoms with Gasteiger partial charge in [-0.05, 0) is 116 Å². The third kappa shape index (κ3) is 66.3. The molecular weight excluding hydrogens is 1170 g/mol. The van der Waals surface area contributed by atoms with Crippen molar-refractivity contribution in [3.8, 4) is 0 Å². The van der Waals surface area contributed by atoms with E-state index in [0.29, 0.717) is 19.3 Å². The molecule has 518 valence electrons. The van der Waals surface area contributed by atoms with E-state index in [1.165, 1.54) is 122 Å². The van der Waals surface area contributed by atoms with Gasteiger partial charge in [0.05, 0.1) is 26.4 Å². The van der Waals surface area contributed by atoms with Crippen molar-refractivity contribution < 1.29 is 75.8 Å². The highest BCUT2D eigenvalue weighted by molar-refractivity contribution is 7.47. The van der Waals surface area contributed by atoms with Gasteiger partial charge in [0.25, 0.3) is 0 Å². The second-order valence-electron chi connectivity index (χ2n) is 23.7. The number of phosphoric ester groups is 2. The van der Waals surface area contributed by atoms with E-state index in [-0.39, 0.29) is 19.3 Å². The lowest BCUT2D eigenvalue weighted by atomic mass is 10.0. The third-order valence-corrected chi connectivity index (χ3v) is 16.8. The highest BCUT2D eigenvalue weighted by Gasteiger charge is 2.29. The number of phosphoric acid groups is 2. The summed E-state index contributed by atoms with van der Waals surface area (Å²) in [6.07, 6.45) is 68.2. The largest absolute Gasteiger partial charge is 0.472 e. The maximum Gasteiger partial charge on any atom is 0.472 e. The maximum atomic E-state index is 12.9. The van der Waals surface area contributed by atoms with Gasteiger partial charge in [-0.1, -0.05) is 241 Å². The van der Waals surface area contributed by atoms with E-state index < -0.39 is 91.5 Å². The summed E-state index contributed by atoms with van der Waals surface area (Å²) in [6.45, 7) is 2.60. The van der Waals surface area contributed by atoms with Gasteiger partial charge < -0.3 is 34.2 Å². The second-order valence-corrected chi connectivity index (χ2v) is 26.6. The molecule has 89 heavy (non-hydrogen) atoms. The van der Waals surface area contributed by atoms with Crippen LogP contribution in [0.2, 0.25) is 0 Å². The smallest absolute Gasteiger partial charge is 0.463 e. The summed E-state index contributed by atoms with van der Waals surface area (Å²) in [5.41, 5.74) is 0. The summed E-state index contributed by atoms with van der Waals surface area (Å²) in [6, 6.07) is 0. The first-order chi connectivity index (χ1) is 43.2. The number of carbonyl (C=O) groups excluding carboxylic acids is 3. The SMILES string of the molecule is CCCCC/C=C\C/C=C\C/C=C\C/C=C\CCCCCCCCCCCCCC(=O)OCC(O)COP(=O)(O)OCC(O)COP(=O)(O)OCC(COC(=O)CCCCCCC/C=C\CCCCCC)OC(=O)CCCCCCC/C=C\CCCCCC. The van der Waals surface area contributed by atoms with Crippen LogP contribution in [-0.2, 0) is 55.8 Å². The Bertz CT molecular complexity index is 1920. The van der Waals surface area contributed by atoms with Crippen molar-refractivity contribution >= 4 is 33.6 Å². The van der Waals surface area contributed by atoms with Gasteiger partial charge in [-0.2, -0.15) is 0 Å². The zero-order valence-corrected chi connectivity index (χ0v) is 57.9. The molecule has 0 saturated heterocycles. The first-order valence-corrected chi connectivity index (χ1v) is 38.2. The quantitative estimate of drug-likeness (QED) is 0.0146. The molecule has 4 N–H and O–H groups in total. The van der Waals surface area contributed by atoms with Crippen LogP contribution in [0.3, 0.4) is 0 Å². The molecule has 0 heterocycles. The van der Waals surface area contributed by atoms with Crippen LogP contribution in [0.25, 0.3) is 0 Å². The number of allylic oxidation sites excluding steroid dienone is 12. The molecule has 0 radical (unpaired) electrons. The van der Waals surface area contributed by atoms with E-state index in [1.54, 1.807) is 0 Å². The Morgan fingerprint density at radius 2 is 0.562 bits per heavy atom. The topological polar surface area (TPSA) is 231 Å². The van der Waals surface area contributed by atoms with Crippen molar-refractivity contribution in [1.82, 2.24) is 0 Å². The summed E-state index contributed by atoms with van der Waals surface area (Å²) in [5.74, 6) is -1.59. The van der Waals surface area contributed by atoms with Crippen molar-refractivity contribution in [2.45, 2.75) is 322 Å². The van der Waals surface area contributed by atoms with Crippen LogP contribution < -0.4 is 0 Å². The van der Waals surface area contributed by atoms with E-state index in [4.69, 9.17) is 32.3 Å². The van der Waals surface area contributed by atoms with Crippen LogP contribution in [-0.4, -0.2) is 95.9 Å². The standard InChI is InChI=1S/C71H128O16P2/c1-4-7-10-13-16-19-22-25-26-27-28-29-30-31-32-33-34-35-36-37-38-41-43-45-48-51-54-57-69(74)81-60-66(72)61-83-88(77,78)84-62-67(73)63-85-89(79,80)86-65-68(87-71(76)59-56-53-50-47-44-40-24-21-18-15-12-9-6-3)64-82-70(75)58-55-52-49-46-42-39-23-20-17-14-11-8-5-2/h16,19-21,23-26,28-29,31-32,66-68,72-73H,4-15,17-18,22,27,30,33-65H2,1-3H3,(H,77,78)(H,79,80)/b19-16-,23-20-,24-21-,26-25-,29-28-,32-31-. The fraction of sp³-hybridized carbons (Fsp3) is 0.789.